The molecule has 1 aliphatic rings. The van der Waals surface area contributed by atoms with Gasteiger partial charge in [0, 0.05) is 19.5 Å². The zero-order chi connectivity index (χ0) is 15.6. The summed E-state index contributed by atoms with van der Waals surface area (Å²) < 4.78 is 10.9. The molecule has 0 spiro atoms. The van der Waals surface area contributed by atoms with Crippen molar-refractivity contribution in [2.75, 3.05) is 7.11 Å². The van der Waals surface area contributed by atoms with Gasteiger partial charge in [0.05, 0.1) is 12.5 Å². The van der Waals surface area contributed by atoms with Crippen molar-refractivity contribution in [3.63, 3.8) is 0 Å². The van der Waals surface area contributed by atoms with Crippen LogP contribution in [0.25, 0.3) is 0 Å². The highest BCUT2D eigenvalue weighted by Gasteiger charge is 2.30. The standard InChI is InChI=1S/C17H25NO3/c1-11(20-5)16-13(8-15(19)21-17(2,3)4)9-18-10-14(16)12-6-7-12/h9-12H,6-8H2,1-5H3. The fourth-order valence-corrected chi connectivity index (χ4v) is 2.54. The van der Waals surface area contributed by atoms with Gasteiger partial charge >= 0.3 is 5.97 Å². The summed E-state index contributed by atoms with van der Waals surface area (Å²) in [5, 5.41) is 0. The van der Waals surface area contributed by atoms with Crippen LogP contribution in [0.3, 0.4) is 0 Å². The van der Waals surface area contributed by atoms with Crippen LogP contribution in [-0.4, -0.2) is 23.7 Å². The maximum absolute atomic E-state index is 12.1. The minimum Gasteiger partial charge on any atom is -0.460 e. The van der Waals surface area contributed by atoms with Crippen molar-refractivity contribution in [1.82, 2.24) is 4.98 Å². The quantitative estimate of drug-likeness (QED) is 0.778. The molecule has 1 atom stereocenters. The van der Waals surface area contributed by atoms with Gasteiger partial charge in [0.2, 0.25) is 0 Å². The van der Waals surface area contributed by atoms with Crippen molar-refractivity contribution in [3.05, 3.63) is 29.1 Å². The molecule has 1 saturated carbocycles. The summed E-state index contributed by atoms with van der Waals surface area (Å²) in [5.74, 6) is 0.352. The van der Waals surface area contributed by atoms with Crippen LogP contribution in [0.15, 0.2) is 12.4 Å². The van der Waals surface area contributed by atoms with Crippen LogP contribution < -0.4 is 0 Å². The largest absolute Gasteiger partial charge is 0.460 e. The molecular formula is C17H25NO3. The normalized spacial score (nSPS) is 16.6. The Balaban J connectivity index is 2.26. The van der Waals surface area contributed by atoms with Crippen LogP contribution in [-0.2, 0) is 20.7 Å². The van der Waals surface area contributed by atoms with E-state index in [1.807, 2.05) is 33.9 Å². The molecule has 0 N–H and O–H groups in total. The summed E-state index contributed by atoms with van der Waals surface area (Å²) in [6, 6.07) is 0. The van der Waals surface area contributed by atoms with E-state index in [0.717, 1.165) is 11.1 Å². The van der Waals surface area contributed by atoms with E-state index < -0.39 is 5.60 Å². The Morgan fingerprint density at radius 2 is 2.05 bits per heavy atom. The van der Waals surface area contributed by atoms with Gasteiger partial charge in [-0.1, -0.05) is 0 Å². The Kier molecular flexibility index (Phi) is 4.67. The van der Waals surface area contributed by atoms with Gasteiger partial charge in [-0.05, 0) is 63.1 Å². The van der Waals surface area contributed by atoms with Gasteiger partial charge in [-0.2, -0.15) is 0 Å². The SMILES string of the molecule is COC(C)c1c(CC(=O)OC(C)(C)C)cncc1C1CC1. The third-order valence-corrected chi connectivity index (χ3v) is 3.63. The number of hydrogen-bond acceptors (Lipinski definition) is 4. The van der Waals surface area contributed by atoms with Crippen LogP contribution >= 0.6 is 0 Å². The van der Waals surface area contributed by atoms with Crippen molar-refractivity contribution in [3.8, 4) is 0 Å². The van der Waals surface area contributed by atoms with Crippen LogP contribution in [0.1, 0.15) is 69.2 Å². The van der Waals surface area contributed by atoms with Crippen molar-refractivity contribution in [1.29, 1.82) is 0 Å². The van der Waals surface area contributed by atoms with Gasteiger partial charge in [0.1, 0.15) is 5.60 Å². The molecule has 1 fully saturated rings. The number of aromatic nitrogens is 1. The Morgan fingerprint density at radius 3 is 2.57 bits per heavy atom. The first-order valence-electron chi connectivity index (χ1n) is 7.53. The number of ether oxygens (including phenoxy) is 2. The number of carbonyl (C=O) groups excluding carboxylic acids is 1. The second-order valence-corrected chi connectivity index (χ2v) is 6.72. The maximum atomic E-state index is 12.1. The minimum atomic E-state index is -0.467. The Labute approximate surface area is 126 Å². The molecule has 1 aliphatic carbocycles. The molecule has 2 rings (SSSR count). The van der Waals surface area contributed by atoms with Gasteiger partial charge in [-0.3, -0.25) is 9.78 Å². The van der Waals surface area contributed by atoms with Gasteiger partial charge in [-0.15, -0.1) is 0 Å². The van der Waals surface area contributed by atoms with E-state index in [-0.39, 0.29) is 18.5 Å². The molecule has 1 aromatic rings. The summed E-state index contributed by atoms with van der Waals surface area (Å²) in [5.41, 5.74) is 2.79. The van der Waals surface area contributed by atoms with E-state index in [9.17, 15) is 4.79 Å². The lowest BCUT2D eigenvalue weighted by Crippen LogP contribution is -2.25. The second kappa shape index (κ2) is 6.14. The van der Waals surface area contributed by atoms with Gasteiger partial charge in [-0.25, -0.2) is 0 Å². The Morgan fingerprint density at radius 1 is 1.38 bits per heavy atom. The highest BCUT2D eigenvalue weighted by atomic mass is 16.6. The average molecular weight is 291 g/mol. The average Bonchev–Trinajstić information content (AvgIpc) is 3.19. The lowest BCUT2D eigenvalue weighted by Gasteiger charge is -2.22. The summed E-state index contributed by atoms with van der Waals surface area (Å²) in [7, 11) is 1.69. The zero-order valence-electron chi connectivity index (χ0n) is 13.6. The van der Waals surface area contributed by atoms with Gasteiger partial charge in [0.25, 0.3) is 0 Å². The smallest absolute Gasteiger partial charge is 0.310 e. The summed E-state index contributed by atoms with van der Waals surface area (Å²) in [6.07, 6.45) is 6.28. The number of hydrogen-bond donors (Lipinski definition) is 0. The number of esters is 1. The number of methoxy groups -OCH3 is 1. The zero-order valence-corrected chi connectivity index (χ0v) is 13.6. The maximum Gasteiger partial charge on any atom is 0.310 e. The molecule has 4 nitrogen and oxygen atoms in total. The second-order valence-electron chi connectivity index (χ2n) is 6.72. The fourth-order valence-electron chi connectivity index (χ4n) is 2.54. The molecular weight excluding hydrogens is 266 g/mol. The van der Waals surface area contributed by atoms with E-state index in [0.29, 0.717) is 5.92 Å². The molecule has 21 heavy (non-hydrogen) atoms. The number of pyridine rings is 1. The first-order valence-corrected chi connectivity index (χ1v) is 7.53. The van der Waals surface area contributed by atoms with E-state index in [1.54, 1.807) is 13.3 Å². The van der Waals surface area contributed by atoms with Crippen LogP contribution in [0.5, 0.6) is 0 Å². The molecule has 0 bridgehead atoms. The van der Waals surface area contributed by atoms with Crippen LogP contribution in [0.2, 0.25) is 0 Å². The predicted octanol–water partition coefficient (Wildman–Crippen LogP) is 3.55. The van der Waals surface area contributed by atoms with E-state index >= 15 is 0 Å². The minimum absolute atomic E-state index is 0.0407. The molecule has 116 valence electrons. The summed E-state index contributed by atoms with van der Waals surface area (Å²) >= 11 is 0. The molecule has 1 aromatic heterocycles. The predicted molar refractivity (Wildman–Crippen MR) is 81.2 cm³/mol. The van der Waals surface area contributed by atoms with Gasteiger partial charge < -0.3 is 9.47 Å². The van der Waals surface area contributed by atoms with E-state index in [2.05, 4.69) is 4.98 Å². The molecule has 1 unspecified atom stereocenters. The van der Waals surface area contributed by atoms with Crippen LogP contribution in [0.4, 0.5) is 0 Å². The molecule has 1 heterocycles. The van der Waals surface area contributed by atoms with Crippen LogP contribution in [0, 0.1) is 0 Å². The number of carbonyl (C=O) groups is 1. The molecule has 0 saturated heterocycles. The first kappa shape index (κ1) is 16.0. The first-order chi connectivity index (χ1) is 9.81. The lowest BCUT2D eigenvalue weighted by molar-refractivity contribution is -0.153. The number of nitrogens with zero attached hydrogens (tertiary/aromatic N) is 1. The van der Waals surface area contributed by atoms with Crippen molar-refractivity contribution in [2.24, 2.45) is 0 Å². The third kappa shape index (κ3) is 4.27. The van der Waals surface area contributed by atoms with E-state index in [4.69, 9.17) is 9.47 Å². The highest BCUT2D eigenvalue weighted by Crippen LogP contribution is 2.44. The summed E-state index contributed by atoms with van der Waals surface area (Å²) in [4.78, 5) is 16.4. The molecule has 4 heteroatoms. The number of rotatable bonds is 5. The topological polar surface area (TPSA) is 48.4 Å². The molecule has 0 aliphatic heterocycles. The Bertz CT molecular complexity index is 515. The van der Waals surface area contributed by atoms with Crippen molar-refractivity contribution < 1.29 is 14.3 Å². The monoisotopic (exact) mass is 291 g/mol. The third-order valence-electron chi connectivity index (χ3n) is 3.63. The Hall–Kier alpha value is -1.42. The summed E-state index contributed by atoms with van der Waals surface area (Å²) in [6.45, 7) is 7.65. The fraction of sp³-hybridized carbons (Fsp3) is 0.647. The molecule has 0 radical (unpaired) electrons. The molecule has 0 aromatic carbocycles. The van der Waals surface area contributed by atoms with Crippen molar-refractivity contribution in [2.45, 2.75) is 64.6 Å². The van der Waals surface area contributed by atoms with E-state index in [1.165, 1.54) is 18.4 Å². The van der Waals surface area contributed by atoms with Crippen molar-refractivity contribution >= 4 is 5.97 Å². The highest BCUT2D eigenvalue weighted by molar-refractivity contribution is 5.73. The molecule has 0 amide bonds. The lowest BCUT2D eigenvalue weighted by atomic mass is 9.95. The van der Waals surface area contributed by atoms with Gasteiger partial charge in [0.15, 0.2) is 0 Å².